The van der Waals surface area contributed by atoms with E-state index in [4.69, 9.17) is 0 Å². The van der Waals surface area contributed by atoms with E-state index in [2.05, 4.69) is 60.0 Å². The van der Waals surface area contributed by atoms with Crippen molar-refractivity contribution in [2.45, 2.75) is 32.7 Å². The van der Waals surface area contributed by atoms with Gasteiger partial charge in [0.1, 0.15) is 0 Å². The summed E-state index contributed by atoms with van der Waals surface area (Å²) in [4.78, 5) is 11.8. The van der Waals surface area contributed by atoms with Gasteiger partial charge in [0.2, 0.25) is 5.91 Å². The highest BCUT2D eigenvalue weighted by molar-refractivity contribution is 5.82. The van der Waals surface area contributed by atoms with Gasteiger partial charge in [0.15, 0.2) is 0 Å². The lowest BCUT2D eigenvalue weighted by atomic mass is 10.1. The first-order valence-corrected chi connectivity index (χ1v) is 7.92. The molecule has 1 unspecified atom stereocenters. The number of amides is 1. The van der Waals surface area contributed by atoms with Gasteiger partial charge < -0.3 is 10.6 Å². The van der Waals surface area contributed by atoms with Gasteiger partial charge in [-0.3, -0.25) is 4.79 Å². The molecule has 1 aliphatic rings. The molecule has 22 heavy (non-hydrogen) atoms. The fraction of sp³-hybridized carbons (Fsp3) is 0.316. The first-order valence-electron chi connectivity index (χ1n) is 7.92. The third kappa shape index (κ3) is 2.98. The summed E-state index contributed by atoms with van der Waals surface area (Å²) in [5, 5.41) is 6.18. The number of anilines is 1. The third-order valence-corrected chi connectivity index (χ3v) is 4.27. The molecule has 1 aliphatic carbocycles. The Morgan fingerprint density at radius 3 is 2.73 bits per heavy atom. The van der Waals surface area contributed by atoms with Crippen molar-refractivity contribution < 1.29 is 4.79 Å². The standard InChI is InChI=1S/C19H22N2O/c1-3-13(2)21-19(22)12-20-16-8-9-18-15(11-16)10-14-6-4-5-7-17(14)18/h4-9,11,13,20H,3,10,12H2,1-2H3,(H,21,22). The maximum absolute atomic E-state index is 11.8. The minimum Gasteiger partial charge on any atom is -0.376 e. The van der Waals surface area contributed by atoms with Crippen molar-refractivity contribution in [2.24, 2.45) is 0 Å². The summed E-state index contributed by atoms with van der Waals surface area (Å²) in [6.45, 7) is 4.40. The lowest BCUT2D eigenvalue weighted by Gasteiger charge is -2.13. The highest BCUT2D eigenvalue weighted by Gasteiger charge is 2.17. The molecule has 0 saturated heterocycles. The monoisotopic (exact) mass is 294 g/mol. The molecule has 0 radical (unpaired) electrons. The second-order valence-corrected chi connectivity index (χ2v) is 5.94. The molecule has 0 saturated carbocycles. The van der Waals surface area contributed by atoms with E-state index >= 15 is 0 Å². The average Bonchev–Trinajstić information content (AvgIpc) is 2.90. The second-order valence-electron chi connectivity index (χ2n) is 5.94. The molecule has 2 N–H and O–H groups in total. The highest BCUT2D eigenvalue weighted by Crippen LogP contribution is 2.37. The van der Waals surface area contributed by atoms with Crippen molar-refractivity contribution in [2.75, 3.05) is 11.9 Å². The minimum atomic E-state index is 0.0399. The Labute approximate surface area is 131 Å². The van der Waals surface area contributed by atoms with Crippen LogP contribution < -0.4 is 10.6 Å². The number of nitrogens with one attached hydrogen (secondary N) is 2. The molecule has 0 bridgehead atoms. The summed E-state index contributed by atoms with van der Waals surface area (Å²) in [5.74, 6) is 0.0399. The molecule has 3 heteroatoms. The van der Waals surface area contributed by atoms with Gasteiger partial charge in [0, 0.05) is 11.7 Å². The van der Waals surface area contributed by atoms with Crippen LogP contribution in [0.5, 0.6) is 0 Å². The molecule has 0 spiro atoms. The Morgan fingerprint density at radius 1 is 1.14 bits per heavy atom. The first-order chi connectivity index (χ1) is 10.7. The summed E-state index contributed by atoms with van der Waals surface area (Å²) in [5.41, 5.74) is 6.35. The van der Waals surface area contributed by atoms with Crippen LogP contribution in [0.15, 0.2) is 42.5 Å². The number of rotatable bonds is 5. The predicted octanol–water partition coefficient (Wildman–Crippen LogP) is 3.58. The Morgan fingerprint density at radius 2 is 1.91 bits per heavy atom. The second kappa shape index (κ2) is 6.22. The van der Waals surface area contributed by atoms with Crippen LogP contribution in [0, 0.1) is 0 Å². The molecule has 2 aromatic rings. The topological polar surface area (TPSA) is 41.1 Å². The lowest BCUT2D eigenvalue weighted by molar-refractivity contribution is -0.120. The van der Waals surface area contributed by atoms with Crippen LogP contribution in [-0.4, -0.2) is 18.5 Å². The fourth-order valence-corrected chi connectivity index (χ4v) is 2.87. The van der Waals surface area contributed by atoms with Crippen LogP contribution in [0.4, 0.5) is 5.69 Å². The van der Waals surface area contributed by atoms with Crippen molar-refractivity contribution >= 4 is 11.6 Å². The van der Waals surface area contributed by atoms with Crippen molar-refractivity contribution in [1.82, 2.24) is 5.32 Å². The molecule has 1 atom stereocenters. The van der Waals surface area contributed by atoms with E-state index in [9.17, 15) is 4.79 Å². The van der Waals surface area contributed by atoms with Gasteiger partial charge in [-0.15, -0.1) is 0 Å². The molecular formula is C19H22N2O. The maximum Gasteiger partial charge on any atom is 0.239 e. The molecular weight excluding hydrogens is 272 g/mol. The zero-order valence-electron chi connectivity index (χ0n) is 13.1. The van der Waals surface area contributed by atoms with Gasteiger partial charge in [0.05, 0.1) is 6.54 Å². The van der Waals surface area contributed by atoms with Crippen LogP contribution in [0.1, 0.15) is 31.4 Å². The Hall–Kier alpha value is -2.29. The van der Waals surface area contributed by atoms with Gasteiger partial charge in [0.25, 0.3) is 0 Å². The number of carbonyl (C=O) groups excluding carboxylic acids is 1. The van der Waals surface area contributed by atoms with Gasteiger partial charge in [-0.2, -0.15) is 0 Å². The Kier molecular flexibility index (Phi) is 4.14. The van der Waals surface area contributed by atoms with E-state index in [1.165, 1.54) is 22.3 Å². The SMILES string of the molecule is CCC(C)NC(=O)CNc1ccc2c(c1)Cc1ccccc1-2. The van der Waals surface area contributed by atoms with Crippen LogP contribution in [0.3, 0.4) is 0 Å². The number of hydrogen-bond donors (Lipinski definition) is 2. The summed E-state index contributed by atoms with van der Waals surface area (Å²) >= 11 is 0. The number of fused-ring (bicyclic) bond motifs is 3. The van der Waals surface area contributed by atoms with Crippen molar-refractivity contribution in [1.29, 1.82) is 0 Å². The summed E-state index contributed by atoms with van der Waals surface area (Å²) < 4.78 is 0. The summed E-state index contributed by atoms with van der Waals surface area (Å²) in [7, 11) is 0. The maximum atomic E-state index is 11.8. The van der Waals surface area contributed by atoms with Crippen LogP contribution >= 0.6 is 0 Å². The molecule has 0 heterocycles. The molecule has 3 rings (SSSR count). The largest absolute Gasteiger partial charge is 0.376 e. The quantitative estimate of drug-likeness (QED) is 0.755. The van der Waals surface area contributed by atoms with Gasteiger partial charge in [-0.1, -0.05) is 37.3 Å². The van der Waals surface area contributed by atoms with Crippen LogP contribution in [0.2, 0.25) is 0 Å². The molecule has 0 aliphatic heterocycles. The van der Waals surface area contributed by atoms with Crippen molar-refractivity contribution in [3.8, 4) is 11.1 Å². The van der Waals surface area contributed by atoms with Gasteiger partial charge in [-0.25, -0.2) is 0 Å². The van der Waals surface area contributed by atoms with Crippen molar-refractivity contribution in [3.63, 3.8) is 0 Å². The van der Waals surface area contributed by atoms with Crippen LogP contribution in [-0.2, 0) is 11.2 Å². The lowest BCUT2D eigenvalue weighted by Crippen LogP contribution is -2.36. The molecule has 3 nitrogen and oxygen atoms in total. The first kappa shape index (κ1) is 14.6. The predicted molar refractivity (Wildman–Crippen MR) is 91.1 cm³/mol. The summed E-state index contributed by atoms with van der Waals surface area (Å²) in [6, 6.07) is 15.1. The van der Waals surface area contributed by atoms with Gasteiger partial charge >= 0.3 is 0 Å². The molecule has 114 valence electrons. The number of benzene rings is 2. The number of hydrogen-bond acceptors (Lipinski definition) is 2. The van der Waals surface area contributed by atoms with E-state index in [1.807, 2.05) is 6.92 Å². The third-order valence-electron chi connectivity index (χ3n) is 4.27. The Bertz CT molecular complexity index is 694. The van der Waals surface area contributed by atoms with Crippen molar-refractivity contribution in [3.05, 3.63) is 53.6 Å². The van der Waals surface area contributed by atoms with E-state index in [-0.39, 0.29) is 11.9 Å². The van der Waals surface area contributed by atoms with Crippen LogP contribution in [0.25, 0.3) is 11.1 Å². The highest BCUT2D eigenvalue weighted by atomic mass is 16.1. The molecule has 2 aromatic carbocycles. The fourth-order valence-electron chi connectivity index (χ4n) is 2.87. The minimum absolute atomic E-state index is 0.0399. The molecule has 0 aromatic heterocycles. The smallest absolute Gasteiger partial charge is 0.239 e. The van der Waals surface area contributed by atoms with E-state index in [0.29, 0.717) is 6.54 Å². The number of carbonyl (C=O) groups is 1. The zero-order valence-corrected chi connectivity index (χ0v) is 13.1. The normalized spacial score (nSPS) is 13.2. The van der Waals surface area contributed by atoms with E-state index in [0.717, 1.165) is 18.5 Å². The average molecular weight is 294 g/mol. The Balaban J connectivity index is 1.66. The molecule has 1 amide bonds. The summed E-state index contributed by atoms with van der Waals surface area (Å²) in [6.07, 6.45) is 1.92. The van der Waals surface area contributed by atoms with E-state index in [1.54, 1.807) is 0 Å². The van der Waals surface area contributed by atoms with Gasteiger partial charge in [-0.05, 0) is 54.2 Å². The molecule has 0 fully saturated rings. The zero-order chi connectivity index (χ0) is 15.5. The van der Waals surface area contributed by atoms with E-state index < -0.39 is 0 Å².